The first kappa shape index (κ1) is 22.8. The van der Waals surface area contributed by atoms with Gasteiger partial charge in [0, 0.05) is 67.7 Å². The van der Waals surface area contributed by atoms with Gasteiger partial charge in [-0.1, -0.05) is 35.7 Å². The number of pyridine rings is 1. The van der Waals surface area contributed by atoms with E-state index in [9.17, 15) is 4.79 Å². The second-order valence-corrected chi connectivity index (χ2v) is 11.8. The Morgan fingerprint density at radius 2 is 2.03 bits per heavy atom. The van der Waals surface area contributed by atoms with Gasteiger partial charge in [0.15, 0.2) is 0 Å². The first-order valence-electron chi connectivity index (χ1n) is 11.6. The molecule has 0 radical (unpaired) electrons. The lowest BCUT2D eigenvalue weighted by Crippen LogP contribution is -2.39. The van der Waals surface area contributed by atoms with Gasteiger partial charge in [0.2, 0.25) is 5.56 Å². The van der Waals surface area contributed by atoms with Crippen molar-refractivity contribution in [1.82, 2.24) is 4.98 Å². The highest BCUT2D eigenvalue weighted by Crippen LogP contribution is 2.51. The molecular weight excluding hydrogens is 495 g/mol. The first-order valence-corrected chi connectivity index (χ1v) is 14.1. The molecule has 2 aromatic carbocycles. The lowest BCUT2D eigenvalue weighted by molar-refractivity contribution is 0.0379. The highest BCUT2D eigenvalue weighted by molar-refractivity contribution is 8.05. The molecule has 0 saturated carbocycles. The van der Waals surface area contributed by atoms with Gasteiger partial charge in [0.1, 0.15) is 6.10 Å². The molecule has 0 amide bonds. The predicted molar refractivity (Wildman–Crippen MR) is 145 cm³/mol. The molecule has 0 spiro atoms. The number of rotatable bonds is 5. The molecule has 1 atom stereocenters. The maximum absolute atomic E-state index is 11.8. The van der Waals surface area contributed by atoms with Crippen LogP contribution in [0.4, 0.5) is 11.4 Å². The summed E-state index contributed by atoms with van der Waals surface area (Å²) in [4.78, 5) is 23.2. The van der Waals surface area contributed by atoms with Gasteiger partial charge in [-0.05, 0) is 59.8 Å². The van der Waals surface area contributed by atoms with Gasteiger partial charge < -0.3 is 19.9 Å². The van der Waals surface area contributed by atoms with E-state index in [0.29, 0.717) is 6.61 Å². The molecule has 2 aromatic heterocycles. The highest BCUT2D eigenvalue weighted by Gasteiger charge is 2.28. The molecule has 0 aliphatic carbocycles. The third-order valence-electron chi connectivity index (χ3n) is 6.17. The van der Waals surface area contributed by atoms with E-state index in [1.165, 1.54) is 35.6 Å². The molecule has 1 saturated heterocycles. The number of nitrogens with zero attached hydrogens (tertiary/aromatic N) is 1. The Balaban J connectivity index is 1.21. The topological polar surface area (TPSA) is 57.4 Å². The van der Waals surface area contributed by atoms with Crippen molar-refractivity contribution in [3.63, 3.8) is 0 Å². The van der Waals surface area contributed by atoms with E-state index in [4.69, 9.17) is 4.74 Å². The molecule has 6 rings (SSSR count). The molecule has 8 heteroatoms. The first-order chi connectivity index (χ1) is 17.1. The van der Waals surface area contributed by atoms with Crippen molar-refractivity contribution in [2.45, 2.75) is 39.2 Å². The van der Waals surface area contributed by atoms with Gasteiger partial charge >= 0.3 is 0 Å². The minimum Gasteiger partial charge on any atom is -0.380 e. The fourth-order valence-electron chi connectivity index (χ4n) is 4.46. The van der Waals surface area contributed by atoms with Crippen LogP contribution in [0.1, 0.15) is 22.1 Å². The number of aromatic nitrogens is 1. The zero-order chi connectivity index (χ0) is 23.8. The van der Waals surface area contributed by atoms with Crippen molar-refractivity contribution in [2.24, 2.45) is 0 Å². The maximum Gasteiger partial charge on any atom is 0.249 e. The van der Waals surface area contributed by atoms with Crippen LogP contribution in [0.5, 0.6) is 0 Å². The van der Waals surface area contributed by atoms with E-state index in [-0.39, 0.29) is 11.7 Å². The Bertz CT molecular complexity index is 1430. The fourth-order valence-corrected chi connectivity index (χ4v) is 7.73. The molecule has 1 fully saturated rings. The number of benzene rings is 2. The highest BCUT2D eigenvalue weighted by atomic mass is 32.2. The standard InChI is InChI=1S/C27H25N3O2S3/c1-17-11-20(33-16-17)14-29-18-5-6-23-25(12-18)34-24-4-2-3-21(27(24)35-23)22-15-30(9-10-32-22)19-7-8-28-26(31)13-19/h2-8,11-13,16,22,29H,9-10,14-15H2,1H3,(H,28,31). The zero-order valence-electron chi connectivity index (χ0n) is 19.2. The number of morpholine rings is 1. The van der Waals surface area contributed by atoms with Crippen LogP contribution < -0.4 is 15.8 Å². The smallest absolute Gasteiger partial charge is 0.249 e. The Kier molecular flexibility index (Phi) is 6.37. The summed E-state index contributed by atoms with van der Waals surface area (Å²) in [5.74, 6) is 0. The number of nitrogens with one attached hydrogen (secondary N) is 2. The summed E-state index contributed by atoms with van der Waals surface area (Å²) in [5, 5.41) is 5.77. The van der Waals surface area contributed by atoms with Crippen LogP contribution in [0.15, 0.2) is 90.6 Å². The second-order valence-electron chi connectivity index (χ2n) is 8.70. The number of H-pyrrole nitrogens is 1. The fraction of sp³-hybridized carbons (Fsp3) is 0.222. The average molecular weight is 520 g/mol. The van der Waals surface area contributed by atoms with Gasteiger partial charge in [-0.2, -0.15) is 0 Å². The molecular formula is C27H25N3O2S3. The number of ether oxygens (including phenoxy) is 1. The number of anilines is 2. The largest absolute Gasteiger partial charge is 0.380 e. The van der Waals surface area contributed by atoms with Crippen LogP contribution >= 0.6 is 34.9 Å². The van der Waals surface area contributed by atoms with Crippen LogP contribution in [0.2, 0.25) is 0 Å². The molecule has 4 aromatic rings. The number of aromatic amines is 1. The Morgan fingerprint density at radius 1 is 1.09 bits per heavy atom. The van der Waals surface area contributed by atoms with E-state index in [1.807, 2.05) is 29.6 Å². The van der Waals surface area contributed by atoms with Crippen molar-refractivity contribution in [1.29, 1.82) is 0 Å². The summed E-state index contributed by atoms with van der Waals surface area (Å²) >= 11 is 5.45. The molecule has 35 heavy (non-hydrogen) atoms. The molecule has 178 valence electrons. The number of aryl methyl sites for hydroxylation is 1. The van der Waals surface area contributed by atoms with Gasteiger partial charge in [-0.3, -0.25) is 4.79 Å². The summed E-state index contributed by atoms with van der Waals surface area (Å²) in [5.41, 5.74) is 4.55. The van der Waals surface area contributed by atoms with Gasteiger partial charge in [-0.15, -0.1) is 11.3 Å². The van der Waals surface area contributed by atoms with E-state index < -0.39 is 0 Å². The number of fused-ring (bicyclic) bond motifs is 2. The minimum absolute atomic E-state index is 0.0390. The summed E-state index contributed by atoms with van der Waals surface area (Å²) in [6.45, 7) is 5.12. The van der Waals surface area contributed by atoms with Crippen molar-refractivity contribution in [3.8, 4) is 0 Å². The quantitative estimate of drug-likeness (QED) is 0.275. The lowest BCUT2D eigenvalue weighted by Gasteiger charge is -2.36. The summed E-state index contributed by atoms with van der Waals surface area (Å²) < 4.78 is 6.24. The van der Waals surface area contributed by atoms with E-state index in [0.717, 1.165) is 31.0 Å². The summed E-state index contributed by atoms with van der Waals surface area (Å²) in [7, 11) is 0. The average Bonchev–Trinajstić information content (AvgIpc) is 3.31. The minimum atomic E-state index is -0.0782. The summed E-state index contributed by atoms with van der Waals surface area (Å²) in [6.07, 6.45) is 1.67. The molecule has 2 aliphatic heterocycles. The van der Waals surface area contributed by atoms with Crippen molar-refractivity contribution < 1.29 is 4.74 Å². The van der Waals surface area contributed by atoms with Gasteiger partial charge in [0.25, 0.3) is 0 Å². The maximum atomic E-state index is 11.8. The second kappa shape index (κ2) is 9.78. The van der Waals surface area contributed by atoms with E-state index in [1.54, 1.807) is 23.6 Å². The van der Waals surface area contributed by atoms with Crippen molar-refractivity contribution in [3.05, 3.63) is 92.5 Å². The van der Waals surface area contributed by atoms with Gasteiger partial charge in [-0.25, -0.2) is 0 Å². The number of hydrogen-bond acceptors (Lipinski definition) is 7. The van der Waals surface area contributed by atoms with Crippen LogP contribution in [-0.2, 0) is 11.3 Å². The van der Waals surface area contributed by atoms with Crippen LogP contribution in [-0.4, -0.2) is 24.7 Å². The molecule has 4 heterocycles. The lowest BCUT2D eigenvalue weighted by atomic mass is 10.1. The molecule has 2 N–H and O–H groups in total. The zero-order valence-corrected chi connectivity index (χ0v) is 21.7. The molecule has 2 aliphatic rings. The molecule has 0 bridgehead atoms. The number of hydrogen-bond donors (Lipinski definition) is 2. The third-order valence-corrected chi connectivity index (χ3v) is 9.84. The Morgan fingerprint density at radius 3 is 2.89 bits per heavy atom. The Labute approximate surface area is 216 Å². The SMILES string of the molecule is Cc1csc(CNc2ccc3c(c2)Sc2cccc(C4CN(c5cc[nH]c(=O)c5)CCO4)c2S3)c1. The van der Waals surface area contributed by atoms with Crippen molar-refractivity contribution >= 4 is 46.2 Å². The molecule has 5 nitrogen and oxygen atoms in total. The van der Waals surface area contributed by atoms with E-state index in [2.05, 4.69) is 70.0 Å². The monoisotopic (exact) mass is 519 g/mol. The van der Waals surface area contributed by atoms with Crippen molar-refractivity contribution in [2.75, 3.05) is 29.9 Å². The van der Waals surface area contributed by atoms with Crippen LogP contribution in [0.25, 0.3) is 0 Å². The third kappa shape index (κ3) is 4.89. The molecule has 1 unspecified atom stereocenters. The Hall–Kier alpha value is -2.65. The normalized spacial score (nSPS) is 17.1. The summed E-state index contributed by atoms with van der Waals surface area (Å²) in [6, 6.07) is 19.0. The number of thiophene rings is 1. The van der Waals surface area contributed by atoms with Crippen LogP contribution in [0.3, 0.4) is 0 Å². The van der Waals surface area contributed by atoms with Crippen LogP contribution in [0, 0.1) is 6.92 Å². The predicted octanol–water partition coefficient (Wildman–Crippen LogP) is 6.55. The van der Waals surface area contributed by atoms with Gasteiger partial charge in [0.05, 0.1) is 6.61 Å². The van der Waals surface area contributed by atoms with E-state index >= 15 is 0 Å².